The summed E-state index contributed by atoms with van der Waals surface area (Å²) in [5, 5.41) is 5.08. The molecule has 1 aliphatic heterocycles. The first-order chi connectivity index (χ1) is 12.1. The van der Waals surface area contributed by atoms with E-state index in [4.69, 9.17) is 0 Å². The van der Waals surface area contributed by atoms with Gasteiger partial charge in [0.2, 0.25) is 0 Å². The van der Waals surface area contributed by atoms with Crippen molar-refractivity contribution in [1.29, 1.82) is 0 Å². The van der Waals surface area contributed by atoms with E-state index in [0.29, 0.717) is 6.54 Å². The summed E-state index contributed by atoms with van der Waals surface area (Å²) in [6.45, 7) is 4.47. The number of halogens is 2. The standard InChI is InChI=1S/C18H21F2N3OS/c1-2-10-23(12-6-8-21-9-7-12)18(24)15-11-25-17(22-15)16-13(19)4-3-5-14(16)20/h3-5,11-12,21H,2,6-10H2,1H3. The Kier molecular flexibility index (Phi) is 5.75. The summed E-state index contributed by atoms with van der Waals surface area (Å²) in [7, 11) is 0. The molecule has 134 valence electrons. The lowest BCUT2D eigenvalue weighted by Crippen LogP contribution is -2.46. The van der Waals surface area contributed by atoms with E-state index in [1.807, 2.05) is 11.8 Å². The number of benzene rings is 1. The van der Waals surface area contributed by atoms with Crippen LogP contribution in [-0.2, 0) is 0 Å². The highest BCUT2D eigenvalue weighted by molar-refractivity contribution is 7.13. The van der Waals surface area contributed by atoms with Crippen LogP contribution in [0.4, 0.5) is 8.78 Å². The molecular weight excluding hydrogens is 344 g/mol. The molecule has 1 saturated heterocycles. The average Bonchev–Trinajstić information content (AvgIpc) is 3.09. The monoisotopic (exact) mass is 365 g/mol. The number of hydrogen-bond donors (Lipinski definition) is 1. The minimum atomic E-state index is -0.669. The van der Waals surface area contributed by atoms with Crippen molar-refractivity contribution in [2.45, 2.75) is 32.2 Å². The van der Waals surface area contributed by atoms with E-state index in [1.54, 1.807) is 5.38 Å². The van der Waals surface area contributed by atoms with E-state index in [0.717, 1.165) is 43.7 Å². The third-order valence-corrected chi connectivity index (χ3v) is 5.23. The number of piperidine rings is 1. The van der Waals surface area contributed by atoms with Gasteiger partial charge >= 0.3 is 0 Å². The number of aromatic nitrogens is 1. The average molecular weight is 365 g/mol. The van der Waals surface area contributed by atoms with Crippen molar-refractivity contribution in [3.63, 3.8) is 0 Å². The zero-order valence-corrected chi connectivity index (χ0v) is 14.9. The first-order valence-corrected chi connectivity index (χ1v) is 9.41. The van der Waals surface area contributed by atoms with Crippen molar-refractivity contribution in [3.8, 4) is 10.6 Å². The maximum Gasteiger partial charge on any atom is 0.273 e. The van der Waals surface area contributed by atoms with Gasteiger partial charge in [-0.25, -0.2) is 13.8 Å². The first kappa shape index (κ1) is 17.9. The summed E-state index contributed by atoms with van der Waals surface area (Å²) in [5.74, 6) is -1.50. The molecule has 0 spiro atoms. The fourth-order valence-electron chi connectivity index (χ4n) is 3.15. The van der Waals surface area contributed by atoms with Gasteiger partial charge in [0.25, 0.3) is 5.91 Å². The molecule has 0 radical (unpaired) electrons. The number of carbonyl (C=O) groups is 1. The molecule has 1 aromatic heterocycles. The molecule has 1 amide bonds. The van der Waals surface area contributed by atoms with Crippen molar-refractivity contribution >= 4 is 17.2 Å². The Morgan fingerprint density at radius 3 is 2.64 bits per heavy atom. The Hall–Kier alpha value is -1.86. The van der Waals surface area contributed by atoms with Gasteiger partial charge in [-0.05, 0) is 44.5 Å². The molecule has 1 aromatic carbocycles. The maximum absolute atomic E-state index is 13.9. The topological polar surface area (TPSA) is 45.2 Å². The van der Waals surface area contributed by atoms with Crippen LogP contribution in [0.1, 0.15) is 36.7 Å². The summed E-state index contributed by atoms with van der Waals surface area (Å²) in [5.41, 5.74) is 0.0880. The highest BCUT2D eigenvalue weighted by atomic mass is 32.1. The number of thiazole rings is 1. The van der Waals surface area contributed by atoms with Crippen molar-refractivity contribution in [3.05, 3.63) is 40.9 Å². The first-order valence-electron chi connectivity index (χ1n) is 8.53. The number of nitrogens with one attached hydrogen (secondary N) is 1. The normalized spacial score (nSPS) is 15.3. The molecule has 7 heteroatoms. The van der Waals surface area contributed by atoms with Crippen molar-refractivity contribution < 1.29 is 13.6 Å². The largest absolute Gasteiger partial charge is 0.334 e. The Bertz CT molecular complexity index is 723. The van der Waals surface area contributed by atoms with E-state index >= 15 is 0 Å². The van der Waals surface area contributed by atoms with Gasteiger partial charge in [-0.3, -0.25) is 4.79 Å². The second-order valence-electron chi connectivity index (χ2n) is 6.11. The predicted molar refractivity (Wildman–Crippen MR) is 94.7 cm³/mol. The molecule has 25 heavy (non-hydrogen) atoms. The van der Waals surface area contributed by atoms with Crippen LogP contribution in [0.25, 0.3) is 10.6 Å². The van der Waals surface area contributed by atoms with E-state index < -0.39 is 11.6 Å². The van der Waals surface area contributed by atoms with Crippen LogP contribution < -0.4 is 5.32 Å². The molecular formula is C18H21F2N3OS. The van der Waals surface area contributed by atoms with Crippen LogP contribution in [0.2, 0.25) is 0 Å². The summed E-state index contributed by atoms with van der Waals surface area (Å²) in [6.07, 6.45) is 2.67. The molecule has 0 unspecified atom stereocenters. The molecule has 4 nitrogen and oxygen atoms in total. The maximum atomic E-state index is 13.9. The minimum absolute atomic E-state index is 0.159. The molecule has 0 atom stereocenters. The highest BCUT2D eigenvalue weighted by Gasteiger charge is 2.27. The van der Waals surface area contributed by atoms with E-state index in [9.17, 15) is 13.6 Å². The van der Waals surface area contributed by atoms with Crippen LogP contribution in [-0.4, -0.2) is 41.5 Å². The van der Waals surface area contributed by atoms with Gasteiger partial charge in [-0.1, -0.05) is 13.0 Å². The second kappa shape index (κ2) is 8.01. The molecule has 0 bridgehead atoms. The predicted octanol–water partition coefficient (Wildman–Crippen LogP) is 3.69. The van der Waals surface area contributed by atoms with Gasteiger partial charge in [0.05, 0.1) is 5.56 Å². The number of rotatable bonds is 5. The van der Waals surface area contributed by atoms with Gasteiger partial charge in [0.1, 0.15) is 22.3 Å². The van der Waals surface area contributed by atoms with Crippen molar-refractivity contribution in [2.75, 3.05) is 19.6 Å². The summed E-state index contributed by atoms with van der Waals surface area (Å²) < 4.78 is 27.9. The molecule has 2 aromatic rings. The minimum Gasteiger partial charge on any atom is -0.334 e. The molecule has 0 saturated carbocycles. The van der Waals surface area contributed by atoms with Crippen LogP contribution in [0.5, 0.6) is 0 Å². The third kappa shape index (κ3) is 3.88. The summed E-state index contributed by atoms with van der Waals surface area (Å²) in [4.78, 5) is 19.0. The van der Waals surface area contributed by atoms with E-state index in [1.165, 1.54) is 18.2 Å². The fraction of sp³-hybridized carbons (Fsp3) is 0.444. The van der Waals surface area contributed by atoms with Gasteiger partial charge in [0, 0.05) is 18.0 Å². The van der Waals surface area contributed by atoms with E-state index in [-0.39, 0.29) is 28.2 Å². The third-order valence-electron chi connectivity index (χ3n) is 4.37. The highest BCUT2D eigenvalue weighted by Crippen LogP contribution is 2.29. The molecule has 0 aliphatic carbocycles. The summed E-state index contributed by atoms with van der Waals surface area (Å²) >= 11 is 1.09. The van der Waals surface area contributed by atoms with Crippen LogP contribution in [0.3, 0.4) is 0 Å². The quantitative estimate of drug-likeness (QED) is 0.879. The Labute approximate surface area is 149 Å². The lowest BCUT2D eigenvalue weighted by Gasteiger charge is -2.34. The molecule has 2 heterocycles. The van der Waals surface area contributed by atoms with E-state index in [2.05, 4.69) is 10.3 Å². The number of nitrogens with zero attached hydrogens (tertiary/aromatic N) is 2. The molecule has 1 aliphatic rings. The van der Waals surface area contributed by atoms with Gasteiger partial charge in [-0.2, -0.15) is 0 Å². The molecule has 1 N–H and O–H groups in total. The Balaban J connectivity index is 1.85. The lowest BCUT2D eigenvalue weighted by atomic mass is 10.0. The SMILES string of the molecule is CCCN(C(=O)c1csc(-c2c(F)cccc2F)n1)C1CCNCC1. The van der Waals surface area contributed by atoms with Crippen molar-refractivity contribution in [2.24, 2.45) is 0 Å². The second-order valence-corrected chi connectivity index (χ2v) is 6.97. The van der Waals surface area contributed by atoms with Crippen LogP contribution in [0.15, 0.2) is 23.6 Å². The Morgan fingerprint density at radius 1 is 1.32 bits per heavy atom. The number of hydrogen-bond acceptors (Lipinski definition) is 4. The van der Waals surface area contributed by atoms with Crippen LogP contribution >= 0.6 is 11.3 Å². The van der Waals surface area contributed by atoms with Crippen LogP contribution in [0, 0.1) is 11.6 Å². The molecule has 1 fully saturated rings. The van der Waals surface area contributed by atoms with Gasteiger partial charge in [0.15, 0.2) is 0 Å². The van der Waals surface area contributed by atoms with Crippen molar-refractivity contribution in [1.82, 2.24) is 15.2 Å². The number of carbonyl (C=O) groups excluding carboxylic acids is 1. The zero-order valence-electron chi connectivity index (χ0n) is 14.1. The summed E-state index contributed by atoms with van der Waals surface area (Å²) in [6, 6.07) is 3.89. The lowest BCUT2D eigenvalue weighted by molar-refractivity contribution is 0.0637. The smallest absolute Gasteiger partial charge is 0.273 e. The fourth-order valence-corrected chi connectivity index (χ4v) is 3.99. The van der Waals surface area contributed by atoms with Gasteiger partial charge < -0.3 is 10.2 Å². The number of amides is 1. The molecule has 3 rings (SSSR count). The zero-order chi connectivity index (χ0) is 17.8. The van der Waals surface area contributed by atoms with Gasteiger partial charge in [-0.15, -0.1) is 11.3 Å². The Morgan fingerprint density at radius 2 is 2.00 bits per heavy atom.